The first-order valence-electron chi connectivity index (χ1n) is 13.0. The van der Waals surface area contributed by atoms with Crippen LogP contribution in [0.4, 0.5) is 19.3 Å². The minimum absolute atomic E-state index is 0.0525. The van der Waals surface area contributed by atoms with E-state index < -0.39 is 33.4 Å². The first-order valence-corrected chi connectivity index (χ1v) is 15.8. The summed E-state index contributed by atoms with van der Waals surface area (Å²) in [5, 5.41) is 0.390. The van der Waals surface area contributed by atoms with Gasteiger partial charge in [-0.25, -0.2) is 17.2 Å². The van der Waals surface area contributed by atoms with E-state index in [0.717, 1.165) is 34.7 Å². The molecule has 1 amide bonds. The number of hydrogen-bond acceptors (Lipinski definition) is 5. The lowest BCUT2D eigenvalue weighted by Gasteiger charge is -2.32. The van der Waals surface area contributed by atoms with Crippen LogP contribution in [0.5, 0.6) is 5.75 Å². The summed E-state index contributed by atoms with van der Waals surface area (Å²) in [5.74, 6) is -0.521. The molecule has 1 atom stereocenters. The van der Waals surface area contributed by atoms with E-state index in [1.165, 1.54) is 36.0 Å². The largest absolute Gasteiger partial charge is 0.493 e. The fourth-order valence-corrected chi connectivity index (χ4v) is 6.60. The quantitative estimate of drug-likeness (QED) is 0.184. The molecule has 0 N–H and O–H groups in total. The Labute approximate surface area is 244 Å². The summed E-state index contributed by atoms with van der Waals surface area (Å²) < 4.78 is 63.9. The number of benzene rings is 3. The molecule has 0 aromatic heterocycles. The number of para-hydroxylation sites is 1. The van der Waals surface area contributed by atoms with Crippen LogP contribution in [0, 0.1) is 11.6 Å². The summed E-state index contributed by atoms with van der Waals surface area (Å²) in [6.45, 7) is 7.03. The molecule has 1 unspecified atom stereocenters. The number of nitrogens with zero attached hydrogens (tertiary/aromatic N) is 2. The van der Waals surface area contributed by atoms with Crippen molar-refractivity contribution in [3.05, 3.63) is 89.0 Å². The standard InChI is InChI=1S/C29H33ClF2N2O4S2/c1-4-33(29(35)39-5-2)18-8-9-19-38-28-11-7-6-10-25(28)21(3)34(27-20-23(31)14-17-26(27)32)40(36,37)24-15-12-22(30)13-16-24/h6-7,10-17,20-21H,4-5,8-9,18-19H2,1-3H3. The molecule has 0 saturated carbocycles. The minimum atomic E-state index is -4.36. The second kappa shape index (κ2) is 14.7. The third-order valence-electron chi connectivity index (χ3n) is 6.22. The SMILES string of the molecule is CCSC(=O)N(CC)CCCCOc1ccccc1C(C)N(c1cc(F)ccc1F)S(=O)(=O)c1ccc(Cl)cc1. The van der Waals surface area contributed by atoms with Gasteiger partial charge >= 0.3 is 0 Å². The molecule has 3 aromatic rings. The van der Waals surface area contributed by atoms with Gasteiger partial charge in [-0.3, -0.25) is 9.10 Å². The Morgan fingerprint density at radius 3 is 2.40 bits per heavy atom. The zero-order valence-electron chi connectivity index (χ0n) is 22.6. The zero-order chi connectivity index (χ0) is 29.3. The lowest BCUT2D eigenvalue weighted by molar-refractivity contribution is 0.222. The van der Waals surface area contributed by atoms with Crippen molar-refractivity contribution in [3.63, 3.8) is 0 Å². The van der Waals surface area contributed by atoms with Gasteiger partial charge in [-0.05, 0) is 74.9 Å². The van der Waals surface area contributed by atoms with Crippen molar-refractivity contribution in [1.29, 1.82) is 0 Å². The highest BCUT2D eigenvalue weighted by Gasteiger charge is 2.34. The second-order valence-electron chi connectivity index (χ2n) is 8.90. The number of halogens is 3. The van der Waals surface area contributed by atoms with Crippen LogP contribution in [0.25, 0.3) is 0 Å². The maximum absolute atomic E-state index is 15.0. The number of thioether (sulfide) groups is 1. The smallest absolute Gasteiger partial charge is 0.281 e. The lowest BCUT2D eigenvalue weighted by atomic mass is 10.1. The van der Waals surface area contributed by atoms with Crippen molar-refractivity contribution in [2.45, 2.75) is 44.6 Å². The molecule has 0 radical (unpaired) electrons. The highest BCUT2D eigenvalue weighted by atomic mass is 35.5. The zero-order valence-corrected chi connectivity index (χ0v) is 25.0. The molecule has 0 bridgehead atoms. The average molecular weight is 611 g/mol. The maximum Gasteiger partial charge on any atom is 0.281 e. The third-order valence-corrected chi connectivity index (χ3v) is 9.17. The van der Waals surface area contributed by atoms with Gasteiger partial charge in [0, 0.05) is 29.7 Å². The summed E-state index contributed by atoms with van der Waals surface area (Å²) >= 11 is 7.23. The Balaban J connectivity index is 1.87. The molecule has 11 heteroatoms. The molecule has 0 aliphatic rings. The molecule has 40 heavy (non-hydrogen) atoms. The molecule has 3 aromatic carbocycles. The van der Waals surface area contributed by atoms with Crippen LogP contribution in [0.1, 0.15) is 45.2 Å². The summed E-state index contributed by atoms with van der Waals surface area (Å²) in [6, 6.07) is 14.1. The average Bonchev–Trinajstić information content (AvgIpc) is 2.93. The first kappa shape index (κ1) is 31.7. The molecular weight excluding hydrogens is 578 g/mol. The monoisotopic (exact) mass is 610 g/mol. The van der Waals surface area contributed by atoms with E-state index in [0.29, 0.717) is 42.5 Å². The van der Waals surface area contributed by atoms with Crippen molar-refractivity contribution in [2.24, 2.45) is 0 Å². The third kappa shape index (κ3) is 7.89. The molecule has 3 rings (SSSR count). The topological polar surface area (TPSA) is 66.9 Å². The van der Waals surface area contributed by atoms with Crippen LogP contribution in [0.3, 0.4) is 0 Å². The van der Waals surface area contributed by atoms with Crippen molar-refractivity contribution >= 4 is 44.3 Å². The Bertz CT molecular complexity index is 1390. The summed E-state index contributed by atoms with van der Waals surface area (Å²) in [4.78, 5) is 13.8. The van der Waals surface area contributed by atoms with Gasteiger partial charge in [0.05, 0.1) is 23.2 Å². The maximum atomic E-state index is 15.0. The number of carbonyl (C=O) groups is 1. The van der Waals surface area contributed by atoms with Crippen LogP contribution in [0.2, 0.25) is 5.02 Å². The highest BCUT2D eigenvalue weighted by molar-refractivity contribution is 8.13. The number of unbranched alkanes of at least 4 members (excludes halogenated alkanes) is 1. The van der Waals surface area contributed by atoms with Gasteiger partial charge in [0.25, 0.3) is 15.3 Å². The van der Waals surface area contributed by atoms with Crippen LogP contribution < -0.4 is 9.04 Å². The van der Waals surface area contributed by atoms with Crippen molar-refractivity contribution in [1.82, 2.24) is 4.90 Å². The lowest BCUT2D eigenvalue weighted by Crippen LogP contribution is -2.34. The molecule has 0 heterocycles. The fourth-order valence-electron chi connectivity index (χ4n) is 4.18. The number of amides is 1. The van der Waals surface area contributed by atoms with Gasteiger partial charge in [-0.2, -0.15) is 0 Å². The summed E-state index contributed by atoms with van der Waals surface area (Å²) in [5.41, 5.74) is 0.0555. The van der Waals surface area contributed by atoms with E-state index >= 15 is 4.39 Å². The second-order valence-corrected chi connectivity index (χ2v) is 12.4. The van der Waals surface area contributed by atoms with E-state index in [9.17, 15) is 17.6 Å². The van der Waals surface area contributed by atoms with Gasteiger partial charge in [0.1, 0.15) is 17.4 Å². The molecule has 0 spiro atoms. The molecule has 0 saturated heterocycles. The van der Waals surface area contributed by atoms with E-state index in [1.807, 2.05) is 13.8 Å². The predicted octanol–water partition coefficient (Wildman–Crippen LogP) is 7.93. The van der Waals surface area contributed by atoms with Gasteiger partial charge in [0.15, 0.2) is 0 Å². The summed E-state index contributed by atoms with van der Waals surface area (Å²) in [7, 11) is -4.36. The number of ether oxygens (including phenoxy) is 1. The van der Waals surface area contributed by atoms with Crippen molar-refractivity contribution in [2.75, 3.05) is 29.8 Å². The molecule has 0 fully saturated rings. The number of anilines is 1. The van der Waals surface area contributed by atoms with Gasteiger partial charge in [-0.15, -0.1) is 0 Å². The van der Waals surface area contributed by atoms with Crippen LogP contribution in [-0.2, 0) is 10.0 Å². The Kier molecular flexibility index (Phi) is 11.7. The number of hydrogen-bond donors (Lipinski definition) is 0. The molecule has 0 aliphatic heterocycles. The van der Waals surface area contributed by atoms with Crippen molar-refractivity contribution in [3.8, 4) is 5.75 Å². The Morgan fingerprint density at radius 2 is 1.73 bits per heavy atom. The van der Waals surface area contributed by atoms with Crippen molar-refractivity contribution < 1.29 is 26.7 Å². The molecule has 216 valence electrons. The van der Waals surface area contributed by atoms with E-state index in [-0.39, 0.29) is 10.1 Å². The van der Waals surface area contributed by atoms with E-state index in [4.69, 9.17) is 16.3 Å². The molecular formula is C29H33ClF2N2O4S2. The molecule has 6 nitrogen and oxygen atoms in total. The molecule has 0 aliphatic carbocycles. The number of carbonyl (C=O) groups excluding carboxylic acids is 1. The van der Waals surface area contributed by atoms with E-state index in [1.54, 1.807) is 36.1 Å². The van der Waals surface area contributed by atoms with Crippen LogP contribution in [-0.4, -0.2) is 44.0 Å². The van der Waals surface area contributed by atoms with Crippen LogP contribution in [0.15, 0.2) is 71.6 Å². The normalized spacial score (nSPS) is 12.2. The predicted molar refractivity (Wildman–Crippen MR) is 158 cm³/mol. The van der Waals surface area contributed by atoms with Gasteiger partial charge in [-0.1, -0.05) is 48.5 Å². The first-order chi connectivity index (χ1) is 19.1. The van der Waals surface area contributed by atoms with Gasteiger partial charge in [0.2, 0.25) is 0 Å². The summed E-state index contributed by atoms with van der Waals surface area (Å²) in [6.07, 6.45) is 1.39. The Morgan fingerprint density at radius 1 is 1.02 bits per heavy atom. The number of rotatable bonds is 13. The van der Waals surface area contributed by atoms with Crippen LogP contribution >= 0.6 is 23.4 Å². The minimum Gasteiger partial charge on any atom is -0.493 e. The number of sulfonamides is 1. The fraction of sp³-hybridized carbons (Fsp3) is 0.345. The highest BCUT2D eigenvalue weighted by Crippen LogP contribution is 2.38. The Hall–Kier alpha value is -2.82. The van der Waals surface area contributed by atoms with Gasteiger partial charge < -0.3 is 9.64 Å². The van der Waals surface area contributed by atoms with E-state index in [2.05, 4.69) is 0 Å².